The lowest BCUT2D eigenvalue weighted by Gasteiger charge is -2.02. The van der Waals surface area contributed by atoms with Crippen molar-refractivity contribution in [2.45, 2.75) is 13.3 Å². The van der Waals surface area contributed by atoms with Crippen LogP contribution in [0.4, 0.5) is 0 Å². The van der Waals surface area contributed by atoms with Crippen LogP contribution in [0.15, 0.2) is 59.0 Å². The van der Waals surface area contributed by atoms with Gasteiger partial charge in [-0.15, -0.1) is 0 Å². The van der Waals surface area contributed by atoms with Gasteiger partial charge in [0.2, 0.25) is 5.78 Å². The molecule has 19 heavy (non-hydrogen) atoms. The predicted octanol–water partition coefficient (Wildman–Crippen LogP) is 4.17. The molecule has 0 aliphatic carbocycles. The second-order valence-corrected chi connectivity index (χ2v) is 4.69. The molecule has 2 aromatic carbocycles. The van der Waals surface area contributed by atoms with E-state index in [0.717, 1.165) is 16.7 Å². The summed E-state index contributed by atoms with van der Waals surface area (Å²) in [5, 5.41) is 2.34. The van der Waals surface area contributed by atoms with Gasteiger partial charge in [-0.1, -0.05) is 42.5 Å². The highest BCUT2D eigenvalue weighted by Gasteiger charge is 2.11. The first-order chi connectivity index (χ1) is 9.22. The van der Waals surface area contributed by atoms with E-state index in [0.29, 0.717) is 12.2 Å². The van der Waals surface area contributed by atoms with E-state index in [9.17, 15) is 4.79 Å². The number of carbonyl (C=O) groups is 1. The SMILES string of the molecule is Cc1ccc(C(=O)Cc2ccc3ccccc3c2)o1. The number of rotatable bonds is 3. The molecule has 0 radical (unpaired) electrons. The summed E-state index contributed by atoms with van der Waals surface area (Å²) in [6.07, 6.45) is 0.373. The van der Waals surface area contributed by atoms with Crippen molar-refractivity contribution < 1.29 is 9.21 Å². The first kappa shape index (κ1) is 11.7. The third-order valence-electron chi connectivity index (χ3n) is 3.19. The number of fused-ring (bicyclic) bond motifs is 1. The number of hydrogen-bond acceptors (Lipinski definition) is 2. The largest absolute Gasteiger partial charge is 0.458 e. The van der Waals surface area contributed by atoms with Gasteiger partial charge in [0.05, 0.1) is 0 Å². The van der Waals surface area contributed by atoms with Gasteiger partial charge in [0.15, 0.2) is 5.76 Å². The maximum absolute atomic E-state index is 12.1. The summed E-state index contributed by atoms with van der Waals surface area (Å²) in [6, 6.07) is 17.8. The molecule has 94 valence electrons. The fourth-order valence-electron chi connectivity index (χ4n) is 2.21. The van der Waals surface area contributed by atoms with Gasteiger partial charge >= 0.3 is 0 Å². The van der Waals surface area contributed by atoms with Crippen LogP contribution in [0, 0.1) is 6.92 Å². The highest BCUT2D eigenvalue weighted by atomic mass is 16.3. The van der Waals surface area contributed by atoms with Crippen LogP contribution in [-0.4, -0.2) is 5.78 Å². The Morgan fingerprint density at radius 1 is 1.00 bits per heavy atom. The summed E-state index contributed by atoms with van der Waals surface area (Å²) in [5.41, 5.74) is 1.01. The topological polar surface area (TPSA) is 30.2 Å². The van der Waals surface area contributed by atoms with Gasteiger partial charge in [-0.3, -0.25) is 4.79 Å². The standard InChI is InChI=1S/C17H14O2/c1-12-6-9-17(19-12)16(18)11-13-7-8-14-4-2-3-5-15(14)10-13/h2-10H,11H2,1H3. The molecule has 0 aliphatic rings. The summed E-state index contributed by atoms with van der Waals surface area (Å²) in [7, 11) is 0. The minimum Gasteiger partial charge on any atom is -0.458 e. The molecule has 0 fully saturated rings. The Hall–Kier alpha value is -2.35. The van der Waals surface area contributed by atoms with E-state index < -0.39 is 0 Å². The van der Waals surface area contributed by atoms with Gasteiger partial charge in [-0.2, -0.15) is 0 Å². The van der Waals surface area contributed by atoms with E-state index in [2.05, 4.69) is 18.2 Å². The minimum atomic E-state index is 0.0170. The van der Waals surface area contributed by atoms with Crippen LogP contribution in [0.3, 0.4) is 0 Å². The highest BCUT2D eigenvalue weighted by Crippen LogP contribution is 2.17. The van der Waals surface area contributed by atoms with Gasteiger partial charge in [0.25, 0.3) is 0 Å². The lowest BCUT2D eigenvalue weighted by molar-refractivity contribution is 0.0965. The number of ketones is 1. The third kappa shape index (κ3) is 2.43. The van der Waals surface area contributed by atoms with Crippen molar-refractivity contribution in [1.29, 1.82) is 0 Å². The van der Waals surface area contributed by atoms with Gasteiger partial charge < -0.3 is 4.42 Å². The van der Waals surface area contributed by atoms with E-state index in [-0.39, 0.29) is 5.78 Å². The van der Waals surface area contributed by atoms with Crippen molar-refractivity contribution in [1.82, 2.24) is 0 Å². The van der Waals surface area contributed by atoms with Crippen LogP contribution in [0.1, 0.15) is 21.9 Å². The van der Waals surface area contributed by atoms with Gasteiger partial charge in [-0.05, 0) is 35.4 Å². The Kier molecular flexibility index (Phi) is 2.92. The van der Waals surface area contributed by atoms with Gasteiger partial charge in [-0.25, -0.2) is 0 Å². The van der Waals surface area contributed by atoms with Crippen molar-refractivity contribution in [2.24, 2.45) is 0 Å². The molecule has 0 amide bonds. The van der Waals surface area contributed by atoms with Crippen LogP contribution in [0.5, 0.6) is 0 Å². The molecule has 0 aliphatic heterocycles. The van der Waals surface area contributed by atoms with Crippen LogP contribution >= 0.6 is 0 Å². The molecule has 0 saturated carbocycles. The lowest BCUT2D eigenvalue weighted by atomic mass is 10.0. The van der Waals surface area contributed by atoms with E-state index >= 15 is 0 Å². The first-order valence-electron chi connectivity index (χ1n) is 6.30. The zero-order valence-electron chi connectivity index (χ0n) is 10.7. The van der Waals surface area contributed by atoms with Crippen molar-refractivity contribution in [3.05, 3.63) is 71.7 Å². The average Bonchev–Trinajstić information content (AvgIpc) is 2.85. The quantitative estimate of drug-likeness (QED) is 0.653. The van der Waals surface area contributed by atoms with E-state index in [1.165, 1.54) is 5.39 Å². The molecule has 1 heterocycles. The molecule has 0 atom stereocenters. The zero-order chi connectivity index (χ0) is 13.2. The van der Waals surface area contributed by atoms with Gasteiger partial charge in [0.1, 0.15) is 5.76 Å². The molecular formula is C17H14O2. The molecule has 3 aromatic rings. The maximum atomic E-state index is 12.1. The Balaban J connectivity index is 1.87. The average molecular weight is 250 g/mol. The van der Waals surface area contributed by atoms with Crippen LogP contribution < -0.4 is 0 Å². The molecule has 0 unspecified atom stereocenters. The summed E-state index contributed by atoms with van der Waals surface area (Å²) >= 11 is 0. The van der Waals surface area contributed by atoms with Crippen molar-refractivity contribution in [3.8, 4) is 0 Å². The molecule has 2 heteroatoms. The monoisotopic (exact) mass is 250 g/mol. The van der Waals surface area contributed by atoms with E-state index in [1.807, 2.05) is 37.3 Å². The molecule has 2 nitrogen and oxygen atoms in total. The van der Waals surface area contributed by atoms with E-state index in [4.69, 9.17) is 4.42 Å². The Bertz CT molecular complexity index is 738. The Labute approximate surface area is 111 Å². The van der Waals surface area contributed by atoms with Crippen molar-refractivity contribution in [3.63, 3.8) is 0 Å². The smallest absolute Gasteiger partial charge is 0.202 e. The van der Waals surface area contributed by atoms with E-state index in [1.54, 1.807) is 6.07 Å². The van der Waals surface area contributed by atoms with Crippen LogP contribution in [0.2, 0.25) is 0 Å². The summed E-state index contributed by atoms with van der Waals surface area (Å²) in [6.45, 7) is 1.84. The van der Waals surface area contributed by atoms with Crippen LogP contribution in [0.25, 0.3) is 10.8 Å². The number of aryl methyl sites for hydroxylation is 1. The molecule has 1 aromatic heterocycles. The second-order valence-electron chi connectivity index (χ2n) is 4.69. The fraction of sp³-hybridized carbons (Fsp3) is 0.118. The number of carbonyl (C=O) groups excluding carboxylic acids is 1. The lowest BCUT2D eigenvalue weighted by Crippen LogP contribution is -2.01. The van der Waals surface area contributed by atoms with Gasteiger partial charge in [0, 0.05) is 6.42 Å². The molecule has 3 rings (SSSR count). The molecule has 0 spiro atoms. The first-order valence-corrected chi connectivity index (χ1v) is 6.30. The molecule has 0 bridgehead atoms. The number of furan rings is 1. The zero-order valence-corrected chi connectivity index (χ0v) is 10.7. The normalized spacial score (nSPS) is 10.8. The minimum absolute atomic E-state index is 0.0170. The van der Waals surface area contributed by atoms with Crippen molar-refractivity contribution in [2.75, 3.05) is 0 Å². The molecular weight excluding hydrogens is 236 g/mol. The molecule has 0 N–H and O–H groups in total. The summed E-state index contributed by atoms with van der Waals surface area (Å²) in [5.74, 6) is 1.22. The van der Waals surface area contributed by atoms with Crippen molar-refractivity contribution >= 4 is 16.6 Å². The summed E-state index contributed by atoms with van der Waals surface area (Å²) < 4.78 is 5.36. The third-order valence-corrected chi connectivity index (χ3v) is 3.19. The Morgan fingerprint density at radius 2 is 1.79 bits per heavy atom. The molecule has 0 saturated heterocycles. The predicted molar refractivity (Wildman–Crippen MR) is 75.4 cm³/mol. The number of Topliss-reactive ketones (excluding diaryl/α,β-unsaturated/α-hetero) is 1. The second kappa shape index (κ2) is 4.73. The number of hydrogen-bond donors (Lipinski definition) is 0. The highest BCUT2D eigenvalue weighted by molar-refractivity contribution is 5.95. The maximum Gasteiger partial charge on any atom is 0.202 e. The Morgan fingerprint density at radius 3 is 2.53 bits per heavy atom. The fourth-order valence-corrected chi connectivity index (χ4v) is 2.21. The number of benzene rings is 2. The summed E-state index contributed by atoms with van der Waals surface area (Å²) in [4.78, 5) is 12.1. The van der Waals surface area contributed by atoms with Crippen LogP contribution in [-0.2, 0) is 6.42 Å².